The molecule has 3 heteroatoms. The molecule has 0 radical (unpaired) electrons. The number of carbonyl (C=O) groups excluding carboxylic acids is 1. The molecule has 0 saturated carbocycles. The van der Waals surface area contributed by atoms with Crippen LogP contribution in [0.3, 0.4) is 0 Å². The maximum Gasteiger partial charge on any atom is 0.120 e. The smallest absolute Gasteiger partial charge is 0.120 e. The predicted octanol–water partition coefficient (Wildman–Crippen LogP) is -0.493. The third-order valence-corrected chi connectivity index (χ3v) is 0.998. The molecule has 0 aliphatic heterocycles. The first-order chi connectivity index (χ1) is 4.81. The van der Waals surface area contributed by atoms with Crippen molar-refractivity contribution in [2.45, 2.75) is 19.1 Å². The lowest BCUT2D eigenvalue weighted by Crippen LogP contribution is -2.28. The minimum Gasteiger partial charge on any atom is -0.379 e. The van der Waals surface area contributed by atoms with Crippen molar-refractivity contribution in [1.29, 1.82) is 0 Å². The highest BCUT2D eigenvalue weighted by Gasteiger charge is 1.98. The summed E-state index contributed by atoms with van der Waals surface area (Å²) in [6, 6.07) is 0. The third kappa shape index (κ3) is 5.29. The van der Waals surface area contributed by atoms with Crippen molar-refractivity contribution < 1.29 is 9.90 Å². The fourth-order valence-electron chi connectivity index (χ4n) is 0.505. The molecule has 3 nitrogen and oxygen atoms in total. The first kappa shape index (κ1) is 9.15. The summed E-state index contributed by atoms with van der Waals surface area (Å²) in [6.07, 6.45) is 5.81. The largest absolute Gasteiger partial charge is 0.379 e. The van der Waals surface area contributed by atoms with Gasteiger partial charge in [-0.25, -0.2) is 0 Å². The summed E-state index contributed by atoms with van der Waals surface area (Å²) < 4.78 is 0. The van der Waals surface area contributed by atoms with Crippen LogP contribution >= 0.6 is 0 Å². The van der Waals surface area contributed by atoms with Crippen LogP contribution in [0.5, 0.6) is 0 Å². The number of aliphatic hydroxyl groups is 1. The molecular formula is C7H11NO2. The molecule has 0 aromatic rings. The van der Waals surface area contributed by atoms with Crippen molar-refractivity contribution in [1.82, 2.24) is 5.32 Å². The Morgan fingerprint density at radius 2 is 2.50 bits per heavy atom. The zero-order valence-corrected chi connectivity index (χ0v) is 5.71. The number of carbonyl (C=O) groups is 1. The lowest BCUT2D eigenvalue weighted by atomic mass is 10.3. The summed E-state index contributed by atoms with van der Waals surface area (Å²) in [5, 5.41) is 11.6. The quantitative estimate of drug-likeness (QED) is 0.308. The van der Waals surface area contributed by atoms with Crippen LogP contribution in [0.15, 0.2) is 0 Å². The van der Waals surface area contributed by atoms with E-state index in [0.29, 0.717) is 19.4 Å². The summed E-state index contributed by atoms with van der Waals surface area (Å²) in [6.45, 7) is 0.333. The van der Waals surface area contributed by atoms with Crippen molar-refractivity contribution >= 4 is 6.29 Å². The molecule has 2 N–H and O–H groups in total. The van der Waals surface area contributed by atoms with Gasteiger partial charge in [0.1, 0.15) is 12.5 Å². The maximum atomic E-state index is 9.80. The van der Waals surface area contributed by atoms with E-state index in [1.807, 2.05) is 0 Å². The SMILES string of the molecule is C#CCNC(O)CCC=O. The molecule has 0 aromatic carbocycles. The Kier molecular flexibility index (Phi) is 5.74. The van der Waals surface area contributed by atoms with Crippen molar-refractivity contribution in [3.8, 4) is 12.3 Å². The highest BCUT2D eigenvalue weighted by molar-refractivity contribution is 5.49. The van der Waals surface area contributed by atoms with Gasteiger partial charge < -0.3 is 9.90 Å². The van der Waals surface area contributed by atoms with Crippen LogP contribution < -0.4 is 5.32 Å². The van der Waals surface area contributed by atoms with Gasteiger partial charge in [-0.05, 0) is 6.42 Å². The number of rotatable bonds is 5. The monoisotopic (exact) mass is 141 g/mol. The molecule has 0 aromatic heterocycles. The van der Waals surface area contributed by atoms with Gasteiger partial charge >= 0.3 is 0 Å². The van der Waals surface area contributed by atoms with Gasteiger partial charge in [-0.15, -0.1) is 6.42 Å². The van der Waals surface area contributed by atoms with Gasteiger partial charge in [-0.2, -0.15) is 0 Å². The van der Waals surface area contributed by atoms with Gasteiger partial charge in [-0.1, -0.05) is 5.92 Å². The van der Waals surface area contributed by atoms with E-state index in [0.717, 1.165) is 6.29 Å². The second-order valence-electron chi connectivity index (χ2n) is 1.84. The molecule has 0 saturated heterocycles. The molecule has 0 amide bonds. The second-order valence-corrected chi connectivity index (χ2v) is 1.84. The van der Waals surface area contributed by atoms with Crippen LogP contribution in [0.25, 0.3) is 0 Å². The average molecular weight is 141 g/mol. The van der Waals surface area contributed by atoms with E-state index in [1.54, 1.807) is 0 Å². The first-order valence-corrected chi connectivity index (χ1v) is 3.09. The molecule has 0 spiro atoms. The molecule has 0 rings (SSSR count). The summed E-state index contributed by atoms with van der Waals surface area (Å²) in [4.78, 5) is 9.80. The molecule has 56 valence electrons. The zero-order chi connectivity index (χ0) is 7.82. The van der Waals surface area contributed by atoms with E-state index in [9.17, 15) is 4.79 Å². The number of terminal acetylenes is 1. The van der Waals surface area contributed by atoms with Crippen LogP contribution in [-0.4, -0.2) is 24.2 Å². The number of hydrogen-bond acceptors (Lipinski definition) is 3. The third-order valence-electron chi connectivity index (χ3n) is 0.998. The molecule has 0 aliphatic carbocycles. The fraction of sp³-hybridized carbons (Fsp3) is 0.571. The van der Waals surface area contributed by atoms with Crippen molar-refractivity contribution in [3.05, 3.63) is 0 Å². The number of hydrogen-bond donors (Lipinski definition) is 2. The minimum atomic E-state index is -0.652. The molecule has 0 aliphatic rings. The minimum absolute atomic E-state index is 0.333. The van der Waals surface area contributed by atoms with Gasteiger partial charge in [0.15, 0.2) is 0 Å². The molecule has 1 unspecified atom stereocenters. The number of aldehydes is 1. The van der Waals surface area contributed by atoms with Crippen LogP contribution in [-0.2, 0) is 4.79 Å². The fourth-order valence-corrected chi connectivity index (χ4v) is 0.505. The topological polar surface area (TPSA) is 49.3 Å². The Hall–Kier alpha value is -0.850. The summed E-state index contributed by atoms with van der Waals surface area (Å²) in [5.41, 5.74) is 0. The number of aliphatic hydroxyl groups excluding tert-OH is 1. The van der Waals surface area contributed by atoms with E-state index in [-0.39, 0.29) is 0 Å². The van der Waals surface area contributed by atoms with Gasteiger partial charge in [0.2, 0.25) is 0 Å². The van der Waals surface area contributed by atoms with Gasteiger partial charge in [-0.3, -0.25) is 5.32 Å². The van der Waals surface area contributed by atoms with Crippen molar-refractivity contribution in [3.63, 3.8) is 0 Å². The van der Waals surface area contributed by atoms with Gasteiger partial charge in [0.25, 0.3) is 0 Å². The van der Waals surface area contributed by atoms with E-state index in [1.165, 1.54) is 0 Å². The van der Waals surface area contributed by atoms with Crippen LogP contribution in [0.4, 0.5) is 0 Å². The predicted molar refractivity (Wildman–Crippen MR) is 38.1 cm³/mol. The summed E-state index contributed by atoms with van der Waals surface area (Å²) in [7, 11) is 0. The highest BCUT2D eigenvalue weighted by Crippen LogP contribution is 1.88. The molecule has 0 heterocycles. The van der Waals surface area contributed by atoms with Crippen LogP contribution in [0.2, 0.25) is 0 Å². The Morgan fingerprint density at radius 3 is 3.00 bits per heavy atom. The maximum absolute atomic E-state index is 9.80. The Balaban J connectivity index is 3.17. The Bertz CT molecular complexity index is 128. The molecule has 10 heavy (non-hydrogen) atoms. The van der Waals surface area contributed by atoms with Crippen molar-refractivity contribution in [2.24, 2.45) is 0 Å². The lowest BCUT2D eigenvalue weighted by molar-refractivity contribution is -0.108. The molecule has 0 bridgehead atoms. The summed E-state index contributed by atoms with van der Waals surface area (Å²) in [5.74, 6) is 2.32. The second kappa shape index (κ2) is 6.27. The van der Waals surface area contributed by atoms with E-state index in [2.05, 4.69) is 11.2 Å². The van der Waals surface area contributed by atoms with E-state index in [4.69, 9.17) is 11.5 Å². The van der Waals surface area contributed by atoms with E-state index < -0.39 is 6.23 Å². The van der Waals surface area contributed by atoms with Crippen LogP contribution in [0.1, 0.15) is 12.8 Å². The molecular weight excluding hydrogens is 130 g/mol. The van der Waals surface area contributed by atoms with E-state index >= 15 is 0 Å². The Morgan fingerprint density at radius 1 is 1.80 bits per heavy atom. The average Bonchev–Trinajstić information content (AvgIpc) is 1.97. The Labute approximate surface area is 60.4 Å². The molecule has 1 atom stereocenters. The van der Waals surface area contributed by atoms with Crippen molar-refractivity contribution in [2.75, 3.05) is 6.54 Å². The number of nitrogens with one attached hydrogen (secondary N) is 1. The standard InChI is InChI=1S/C7H11NO2/c1-2-5-8-7(10)4-3-6-9/h1,6-8,10H,3-5H2. The normalized spacial score (nSPS) is 12.0. The first-order valence-electron chi connectivity index (χ1n) is 3.09. The summed E-state index contributed by atoms with van der Waals surface area (Å²) >= 11 is 0. The lowest BCUT2D eigenvalue weighted by Gasteiger charge is -2.06. The molecule has 0 fully saturated rings. The van der Waals surface area contributed by atoms with Gasteiger partial charge in [0, 0.05) is 6.42 Å². The van der Waals surface area contributed by atoms with Gasteiger partial charge in [0.05, 0.1) is 6.54 Å². The zero-order valence-electron chi connectivity index (χ0n) is 5.71. The highest BCUT2D eigenvalue weighted by atomic mass is 16.3. The van der Waals surface area contributed by atoms with Crippen LogP contribution in [0, 0.1) is 12.3 Å².